The minimum atomic E-state index is -0.223. The molecule has 0 unspecified atom stereocenters. The van der Waals surface area contributed by atoms with E-state index in [9.17, 15) is 4.39 Å². The molecule has 1 saturated carbocycles. The lowest BCUT2D eigenvalue weighted by molar-refractivity contribution is 0.649. The van der Waals surface area contributed by atoms with Gasteiger partial charge >= 0.3 is 0 Å². The highest BCUT2D eigenvalue weighted by Crippen LogP contribution is 2.35. The van der Waals surface area contributed by atoms with Crippen LogP contribution in [0.3, 0.4) is 0 Å². The fraction of sp³-hybridized carbons (Fsp3) is 0.172. The number of allylic oxidation sites excluding steroid dienone is 1. The highest BCUT2D eigenvalue weighted by molar-refractivity contribution is 7.14. The average Bonchev–Trinajstić information content (AvgIpc) is 3.74. The number of pyridine rings is 2. The Hall–Kier alpha value is -4.37. The molecular formula is C29H24FN7S. The minimum Gasteiger partial charge on any atom is -0.358 e. The molecule has 5 heterocycles. The zero-order valence-corrected chi connectivity index (χ0v) is 21.3. The summed E-state index contributed by atoms with van der Waals surface area (Å²) < 4.78 is 13.7. The minimum absolute atomic E-state index is 0.223. The molecule has 0 bridgehead atoms. The van der Waals surface area contributed by atoms with Crippen molar-refractivity contribution >= 4 is 39.1 Å². The molecule has 0 atom stereocenters. The van der Waals surface area contributed by atoms with Crippen molar-refractivity contribution in [2.45, 2.75) is 25.7 Å². The predicted octanol–water partition coefficient (Wildman–Crippen LogP) is 7.55. The van der Waals surface area contributed by atoms with E-state index in [1.54, 1.807) is 6.07 Å². The summed E-state index contributed by atoms with van der Waals surface area (Å²) in [6, 6.07) is 15.1. The van der Waals surface area contributed by atoms with Crippen LogP contribution < -0.4 is 5.32 Å². The van der Waals surface area contributed by atoms with Gasteiger partial charge in [0.2, 0.25) is 0 Å². The van der Waals surface area contributed by atoms with Gasteiger partial charge in [-0.3, -0.25) is 10.1 Å². The molecule has 1 fully saturated rings. The lowest BCUT2D eigenvalue weighted by Crippen LogP contribution is -2.07. The Morgan fingerprint density at radius 1 is 1.00 bits per heavy atom. The first-order valence-electron chi connectivity index (χ1n) is 12.6. The molecule has 5 aromatic heterocycles. The Morgan fingerprint density at radius 2 is 1.89 bits per heavy atom. The summed E-state index contributed by atoms with van der Waals surface area (Å²) in [4.78, 5) is 18.4. The maximum Gasteiger partial charge on any atom is 0.176 e. The first-order chi connectivity index (χ1) is 18.6. The van der Waals surface area contributed by atoms with E-state index in [1.165, 1.54) is 31.7 Å². The Balaban J connectivity index is 1.24. The third-order valence-electron chi connectivity index (χ3n) is 7.17. The van der Waals surface area contributed by atoms with Crippen LogP contribution in [0.4, 0.5) is 10.1 Å². The maximum absolute atomic E-state index is 13.7. The average molecular weight is 522 g/mol. The van der Waals surface area contributed by atoms with Gasteiger partial charge in [-0.15, -0.1) is 11.3 Å². The van der Waals surface area contributed by atoms with Gasteiger partial charge in [-0.2, -0.15) is 9.49 Å². The summed E-state index contributed by atoms with van der Waals surface area (Å²) in [5.41, 5.74) is 8.27. The number of H-pyrrole nitrogens is 2. The lowest BCUT2D eigenvalue weighted by atomic mass is 10.0. The molecule has 0 amide bonds. The van der Waals surface area contributed by atoms with Crippen molar-refractivity contribution in [2.24, 2.45) is 5.92 Å². The summed E-state index contributed by atoms with van der Waals surface area (Å²) in [5, 5.41) is 10.8. The molecule has 1 aromatic carbocycles. The van der Waals surface area contributed by atoms with Crippen LogP contribution in [0.5, 0.6) is 0 Å². The van der Waals surface area contributed by atoms with Gasteiger partial charge in [0.1, 0.15) is 5.52 Å². The molecule has 6 aromatic rings. The standard InChI is InChI=1S/C29H24FN7S/c1-16(17-5-2-3-6-17)32-19-13-18(14-31-15-19)21-9-10-23-27(33-21)28(37-36-23)29-34-22-8-4-7-20(26(22)35-29)24-11-12-25(30)38-24/h4,7-15,17,32H,1-3,5-6H2,(H,34,35)(H,36,37). The molecule has 1 aliphatic rings. The third-order valence-corrected chi connectivity index (χ3v) is 8.08. The highest BCUT2D eigenvalue weighted by Gasteiger charge is 2.19. The van der Waals surface area contributed by atoms with Gasteiger partial charge in [-0.1, -0.05) is 31.6 Å². The number of anilines is 1. The number of halogens is 1. The Bertz CT molecular complexity index is 1810. The van der Waals surface area contributed by atoms with E-state index in [4.69, 9.17) is 9.97 Å². The van der Waals surface area contributed by atoms with E-state index < -0.39 is 0 Å². The third kappa shape index (κ3) is 4.05. The summed E-state index contributed by atoms with van der Waals surface area (Å²) >= 11 is 1.10. The van der Waals surface area contributed by atoms with Crippen LogP contribution in [0.15, 0.2) is 73.2 Å². The summed E-state index contributed by atoms with van der Waals surface area (Å²) in [6.45, 7) is 4.26. The number of fused-ring (bicyclic) bond motifs is 2. The van der Waals surface area contributed by atoms with Gasteiger partial charge in [0, 0.05) is 27.9 Å². The van der Waals surface area contributed by atoms with Crippen molar-refractivity contribution in [1.82, 2.24) is 30.1 Å². The van der Waals surface area contributed by atoms with Gasteiger partial charge < -0.3 is 10.3 Å². The topological polar surface area (TPSA) is 95.2 Å². The smallest absolute Gasteiger partial charge is 0.176 e. The second-order valence-electron chi connectivity index (χ2n) is 9.65. The summed E-state index contributed by atoms with van der Waals surface area (Å²) in [7, 11) is 0. The number of imidazole rings is 1. The van der Waals surface area contributed by atoms with E-state index in [1.807, 2.05) is 42.7 Å². The van der Waals surface area contributed by atoms with Crippen LogP contribution in [0.1, 0.15) is 25.7 Å². The van der Waals surface area contributed by atoms with Gasteiger partial charge in [-0.25, -0.2) is 9.97 Å². The molecular weight excluding hydrogens is 497 g/mol. The highest BCUT2D eigenvalue weighted by atomic mass is 32.1. The fourth-order valence-corrected chi connectivity index (χ4v) is 5.99. The Labute approximate surface area is 221 Å². The molecule has 38 heavy (non-hydrogen) atoms. The number of thiophene rings is 1. The van der Waals surface area contributed by atoms with Crippen LogP contribution in [-0.2, 0) is 0 Å². The Kier molecular flexibility index (Phi) is 5.51. The van der Waals surface area contributed by atoms with E-state index in [0.717, 1.165) is 61.0 Å². The van der Waals surface area contributed by atoms with Gasteiger partial charge in [0.15, 0.2) is 16.6 Å². The van der Waals surface area contributed by atoms with Gasteiger partial charge in [0.05, 0.1) is 34.1 Å². The quantitative estimate of drug-likeness (QED) is 0.210. The van der Waals surface area contributed by atoms with Gasteiger partial charge in [-0.05, 0) is 55.2 Å². The number of hydrogen-bond acceptors (Lipinski definition) is 6. The van der Waals surface area contributed by atoms with E-state index >= 15 is 0 Å². The maximum atomic E-state index is 13.7. The van der Waals surface area contributed by atoms with Crippen LogP contribution in [-0.4, -0.2) is 30.1 Å². The normalized spacial score (nSPS) is 14.0. The molecule has 0 radical (unpaired) electrons. The number of nitrogens with zero attached hydrogens (tertiary/aromatic N) is 4. The SMILES string of the molecule is C=C(Nc1cncc(-c2ccc3[nH]nc(-c4nc5c(-c6ccc(F)s6)cccc5[nH]4)c3n2)c1)C1CCCC1. The number of hydrogen-bond donors (Lipinski definition) is 3. The van der Waals surface area contributed by atoms with Crippen molar-refractivity contribution in [3.8, 4) is 33.2 Å². The van der Waals surface area contributed by atoms with Crippen molar-refractivity contribution in [3.63, 3.8) is 0 Å². The molecule has 188 valence electrons. The zero-order valence-electron chi connectivity index (χ0n) is 20.5. The molecule has 0 aliphatic heterocycles. The first-order valence-corrected chi connectivity index (χ1v) is 13.5. The summed E-state index contributed by atoms with van der Waals surface area (Å²) in [5.74, 6) is 1.12. The van der Waals surface area contributed by atoms with Crippen LogP contribution in [0.2, 0.25) is 0 Å². The second kappa shape index (κ2) is 9.18. The largest absolute Gasteiger partial charge is 0.358 e. The lowest BCUT2D eigenvalue weighted by Gasteiger charge is -2.15. The summed E-state index contributed by atoms with van der Waals surface area (Å²) in [6.07, 6.45) is 8.53. The number of para-hydroxylation sites is 1. The second-order valence-corrected chi connectivity index (χ2v) is 10.7. The van der Waals surface area contributed by atoms with Crippen molar-refractivity contribution in [1.29, 1.82) is 0 Å². The number of aromatic amines is 2. The van der Waals surface area contributed by atoms with Crippen LogP contribution in [0, 0.1) is 11.0 Å². The monoisotopic (exact) mass is 521 g/mol. The Morgan fingerprint density at radius 3 is 2.74 bits per heavy atom. The van der Waals surface area contributed by atoms with Crippen molar-refractivity contribution in [3.05, 3.63) is 78.3 Å². The van der Waals surface area contributed by atoms with Crippen molar-refractivity contribution < 1.29 is 4.39 Å². The molecule has 1 aliphatic carbocycles. The molecule has 7 rings (SSSR count). The number of benzene rings is 1. The molecule has 7 nitrogen and oxygen atoms in total. The van der Waals surface area contributed by atoms with E-state index in [2.05, 4.69) is 38.1 Å². The van der Waals surface area contributed by atoms with Crippen molar-refractivity contribution in [2.75, 3.05) is 5.32 Å². The molecule has 0 saturated heterocycles. The van der Waals surface area contributed by atoms with Crippen LogP contribution >= 0.6 is 11.3 Å². The number of nitrogens with one attached hydrogen (secondary N) is 3. The number of aromatic nitrogens is 6. The zero-order chi connectivity index (χ0) is 25.6. The van der Waals surface area contributed by atoms with E-state index in [-0.39, 0.29) is 5.13 Å². The molecule has 9 heteroatoms. The fourth-order valence-electron chi connectivity index (χ4n) is 5.24. The van der Waals surface area contributed by atoms with Crippen LogP contribution in [0.25, 0.3) is 55.3 Å². The van der Waals surface area contributed by atoms with E-state index in [0.29, 0.717) is 23.0 Å². The molecule has 0 spiro atoms. The molecule has 3 N–H and O–H groups in total. The first kappa shape index (κ1) is 22.8. The number of rotatable bonds is 6. The van der Waals surface area contributed by atoms with Gasteiger partial charge in [0.25, 0.3) is 0 Å². The predicted molar refractivity (Wildman–Crippen MR) is 150 cm³/mol.